The zero-order valence-electron chi connectivity index (χ0n) is 29.9. The van der Waals surface area contributed by atoms with Gasteiger partial charge in [-0.25, -0.2) is 15.0 Å². The molecule has 0 amide bonds. The lowest BCUT2D eigenvalue weighted by Gasteiger charge is -2.25. The maximum atomic E-state index is 5.56. The van der Waals surface area contributed by atoms with E-state index in [1.165, 1.54) is 16.2 Å². The fraction of sp³-hybridized carbons (Fsp3) is 0. The lowest BCUT2D eigenvalue weighted by atomic mass is 9.94. The Bertz CT molecular complexity index is 2850. The molecule has 0 spiro atoms. The maximum absolute atomic E-state index is 5.56. The van der Waals surface area contributed by atoms with E-state index in [4.69, 9.17) is 15.0 Å². The third-order valence-electron chi connectivity index (χ3n) is 10.2. The molecule has 2 heterocycles. The second kappa shape index (κ2) is 13.8. The Labute approximate surface area is 319 Å². The van der Waals surface area contributed by atoms with Crippen molar-refractivity contribution in [3.05, 3.63) is 206 Å². The summed E-state index contributed by atoms with van der Waals surface area (Å²) in [5, 5.41) is 5.71. The summed E-state index contributed by atoms with van der Waals surface area (Å²) in [6, 6.07) is 71.9. The van der Waals surface area contributed by atoms with Crippen LogP contribution in [-0.2, 0) is 0 Å². The fourth-order valence-corrected chi connectivity index (χ4v) is 7.65. The molecule has 0 aliphatic carbocycles. The van der Waals surface area contributed by atoms with Crippen molar-refractivity contribution >= 4 is 49.5 Å². The average molecular weight is 703 g/mol. The highest BCUT2D eigenvalue weighted by Crippen LogP contribution is 2.41. The Morgan fingerprint density at radius 1 is 0.345 bits per heavy atom. The van der Waals surface area contributed by atoms with Crippen molar-refractivity contribution in [3.63, 3.8) is 0 Å². The molecule has 0 N–H and O–H groups in total. The molecular formula is C51H34N4. The minimum Gasteiger partial charge on any atom is -0.311 e. The van der Waals surface area contributed by atoms with E-state index in [1.807, 2.05) is 36.4 Å². The summed E-state index contributed by atoms with van der Waals surface area (Å²) in [5.41, 5.74) is 10.8. The highest BCUT2D eigenvalue weighted by Gasteiger charge is 2.19. The van der Waals surface area contributed by atoms with Gasteiger partial charge in [-0.05, 0) is 59.3 Å². The Morgan fingerprint density at radius 2 is 0.873 bits per heavy atom. The number of aromatic nitrogens is 3. The van der Waals surface area contributed by atoms with E-state index in [0.29, 0.717) is 5.82 Å². The van der Waals surface area contributed by atoms with Crippen LogP contribution < -0.4 is 4.90 Å². The fourth-order valence-electron chi connectivity index (χ4n) is 7.65. The molecule has 0 aliphatic heterocycles. The molecule has 0 bridgehead atoms. The van der Waals surface area contributed by atoms with E-state index in [1.54, 1.807) is 0 Å². The van der Waals surface area contributed by atoms with Crippen LogP contribution in [0.4, 0.5) is 17.1 Å². The summed E-state index contributed by atoms with van der Waals surface area (Å²) in [7, 11) is 0. The van der Waals surface area contributed by atoms with Crippen LogP contribution in [0.3, 0.4) is 0 Å². The summed E-state index contributed by atoms with van der Waals surface area (Å²) in [5.74, 6) is 0.639. The molecule has 0 atom stereocenters. The summed E-state index contributed by atoms with van der Waals surface area (Å²) < 4.78 is 0. The average Bonchev–Trinajstić information content (AvgIpc) is 3.27. The molecule has 10 aromatic rings. The van der Waals surface area contributed by atoms with Crippen molar-refractivity contribution in [1.29, 1.82) is 0 Å². The van der Waals surface area contributed by atoms with Crippen molar-refractivity contribution < 1.29 is 0 Å². The Hall–Kier alpha value is -7.43. The second-order valence-corrected chi connectivity index (χ2v) is 13.6. The van der Waals surface area contributed by atoms with Gasteiger partial charge in [-0.2, -0.15) is 0 Å². The van der Waals surface area contributed by atoms with Crippen molar-refractivity contribution in [2.24, 2.45) is 0 Å². The molecule has 0 radical (unpaired) electrons. The van der Waals surface area contributed by atoms with E-state index in [9.17, 15) is 0 Å². The van der Waals surface area contributed by atoms with Crippen molar-refractivity contribution in [3.8, 4) is 45.2 Å². The van der Waals surface area contributed by atoms with Gasteiger partial charge in [0.1, 0.15) is 0 Å². The molecule has 0 unspecified atom stereocenters. The summed E-state index contributed by atoms with van der Waals surface area (Å²) >= 11 is 0. The van der Waals surface area contributed by atoms with E-state index in [0.717, 1.165) is 72.7 Å². The Balaban J connectivity index is 1.21. The van der Waals surface area contributed by atoms with Crippen LogP contribution in [0.2, 0.25) is 0 Å². The lowest BCUT2D eigenvalue weighted by molar-refractivity contribution is 1.18. The van der Waals surface area contributed by atoms with E-state index in [-0.39, 0.29) is 0 Å². The van der Waals surface area contributed by atoms with Crippen LogP contribution in [0.25, 0.3) is 77.6 Å². The number of pyridine rings is 1. The number of hydrogen-bond donors (Lipinski definition) is 0. The van der Waals surface area contributed by atoms with Gasteiger partial charge in [0.15, 0.2) is 5.82 Å². The van der Waals surface area contributed by atoms with Crippen LogP contribution in [0.5, 0.6) is 0 Å². The van der Waals surface area contributed by atoms with Crippen LogP contribution >= 0.6 is 0 Å². The molecule has 0 saturated heterocycles. The number of benzene rings is 8. The van der Waals surface area contributed by atoms with Crippen LogP contribution in [0.15, 0.2) is 206 Å². The number of rotatable bonds is 7. The predicted molar refractivity (Wildman–Crippen MR) is 229 cm³/mol. The van der Waals surface area contributed by atoms with Crippen LogP contribution in [-0.4, -0.2) is 15.0 Å². The maximum Gasteiger partial charge on any atom is 0.162 e. The Morgan fingerprint density at radius 3 is 1.49 bits per heavy atom. The Kier molecular flexibility index (Phi) is 8.12. The normalized spacial score (nSPS) is 11.3. The first-order valence-electron chi connectivity index (χ1n) is 18.5. The van der Waals surface area contributed by atoms with Crippen LogP contribution in [0, 0.1) is 0 Å². The number of para-hydroxylation sites is 3. The molecule has 0 fully saturated rings. The third kappa shape index (κ3) is 5.96. The summed E-state index contributed by atoms with van der Waals surface area (Å²) in [6.07, 6.45) is 0. The monoisotopic (exact) mass is 702 g/mol. The van der Waals surface area contributed by atoms with Gasteiger partial charge in [0.2, 0.25) is 0 Å². The van der Waals surface area contributed by atoms with Gasteiger partial charge >= 0.3 is 0 Å². The van der Waals surface area contributed by atoms with Gasteiger partial charge in [-0.3, -0.25) is 0 Å². The molecule has 10 rings (SSSR count). The standard InChI is InChI=1S/C51H34N4/c1-5-17-36(18-6-1)46-34-47(37-19-7-2-8-20-37)53-51(52-46)45-27-15-26-43-48-42-25-14-13-16-35(42)30-33-44(48)49(54-50(43)45)38-28-31-41(32-29-38)55(39-21-9-3-10-22-39)40-23-11-4-12-24-40/h1-34H. The number of anilines is 3. The van der Waals surface area contributed by atoms with Gasteiger partial charge in [-0.15, -0.1) is 0 Å². The summed E-state index contributed by atoms with van der Waals surface area (Å²) in [4.78, 5) is 18.3. The molecule has 8 aromatic carbocycles. The first-order valence-corrected chi connectivity index (χ1v) is 18.5. The molecular weight excluding hydrogens is 669 g/mol. The first kappa shape index (κ1) is 32.2. The smallest absolute Gasteiger partial charge is 0.162 e. The molecule has 0 saturated carbocycles. The van der Waals surface area contributed by atoms with Gasteiger partial charge in [-0.1, -0.05) is 158 Å². The largest absolute Gasteiger partial charge is 0.311 e. The first-order chi connectivity index (χ1) is 27.3. The number of fused-ring (bicyclic) bond motifs is 5. The molecule has 55 heavy (non-hydrogen) atoms. The van der Waals surface area contributed by atoms with Gasteiger partial charge < -0.3 is 4.90 Å². The number of nitrogens with zero attached hydrogens (tertiary/aromatic N) is 4. The van der Waals surface area contributed by atoms with Gasteiger partial charge in [0.05, 0.1) is 22.6 Å². The van der Waals surface area contributed by atoms with Crippen molar-refractivity contribution in [2.75, 3.05) is 4.90 Å². The topological polar surface area (TPSA) is 41.9 Å². The molecule has 258 valence electrons. The van der Waals surface area contributed by atoms with E-state index < -0.39 is 0 Å². The highest BCUT2D eigenvalue weighted by molar-refractivity contribution is 6.23. The second-order valence-electron chi connectivity index (χ2n) is 13.6. The minimum atomic E-state index is 0.639. The van der Waals surface area contributed by atoms with Gasteiger partial charge in [0, 0.05) is 55.5 Å². The van der Waals surface area contributed by atoms with Gasteiger partial charge in [0.25, 0.3) is 0 Å². The van der Waals surface area contributed by atoms with E-state index in [2.05, 4.69) is 175 Å². The lowest BCUT2D eigenvalue weighted by Crippen LogP contribution is -2.09. The van der Waals surface area contributed by atoms with Crippen molar-refractivity contribution in [1.82, 2.24) is 15.0 Å². The molecule has 4 nitrogen and oxygen atoms in total. The zero-order valence-corrected chi connectivity index (χ0v) is 29.9. The van der Waals surface area contributed by atoms with Crippen LogP contribution in [0.1, 0.15) is 0 Å². The quantitative estimate of drug-likeness (QED) is 0.155. The molecule has 2 aromatic heterocycles. The highest BCUT2D eigenvalue weighted by atomic mass is 15.1. The molecule has 4 heteroatoms. The molecule has 0 aliphatic rings. The minimum absolute atomic E-state index is 0.639. The SMILES string of the molecule is c1ccc(-c2cc(-c3ccccc3)nc(-c3cccc4c3nc(-c3ccc(N(c5ccccc5)c5ccccc5)cc3)c3ccc5ccccc5c34)n2)cc1. The van der Waals surface area contributed by atoms with E-state index >= 15 is 0 Å². The predicted octanol–water partition coefficient (Wildman–Crippen LogP) is 13.5. The third-order valence-corrected chi connectivity index (χ3v) is 10.2. The summed E-state index contributed by atoms with van der Waals surface area (Å²) in [6.45, 7) is 0. The van der Waals surface area contributed by atoms with Crippen molar-refractivity contribution in [2.45, 2.75) is 0 Å². The zero-order chi connectivity index (χ0) is 36.6. The number of hydrogen-bond acceptors (Lipinski definition) is 4.